The van der Waals surface area contributed by atoms with Crippen LogP contribution in [0.15, 0.2) is 0 Å². The summed E-state index contributed by atoms with van der Waals surface area (Å²) >= 11 is 0. The van der Waals surface area contributed by atoms with E-state index >= 15 is 0 Å². The van der Waals surface area contributed by atoms with E-state index in [1.54, 1.807) is 0 Å². The number of hydrogen-bond acceptors (Lipinski definition) is 6. The van der Waals surface area contributed by atoms with Crippen molar-refractivity contribution in [2.24, 2.45) is 0 Å². The van der Waals surface area contributed by atoms with E-state index < -0.39 is 43.4 Å². The van der Waals surface area contributed by atoms with Crippen molar-refractivity contribution in [2.45, 2.75) is 44.2 Å². The van der Waals surface area contributed by atoms with Crippen molar-refractivity contribution < 1.29 is 26.4 Å². The van der Waals surface area contributed by atoms with Crippen molar-refractivity contribution in [1.29, 1.82) is 0 Å². The van der Waals surface area contributed by atoms with Crippen LogP contribution in [0.2, 0.25) is 0 Å². The van der Waals surface area contributed by atoms with Crippen molar-refractivity contribution in [1.82, 2.24) is 19.7 Å². The summed E-state index contributed by atoms with van der Waals surface area (Å²) in [7, 11) is -6.84. The molecular weight excluding hydrogens is 384 g/mol. The van der Waals surface area contributed by atoms with Gasteiger partial charge in [0.15, 0.2) is 0 Å². The smallest absolute Gasteiger partial charge is 0.238 e. The molecule has 12 heteroatoms. The number of hydrogen-bond donors (Lipinski definition) is 3. The average Bonchev–Trinajstić information content (AvgIpc) is 2.78. The molecule has 0 aromatic heterocycles. The van der Waals surface area contributed by atoms with Crippen LogP contribution in [0.4, 0.5) is 0 Å². The molecule has 0 radical (unpaired) electrons. The quantitative estimate of drug-likeness (QED) is 0.427. The Labute approximate surface area is 154 Å². The predicted octanol–water partition coefficient (Wildman–Crippen LogP) is -1.89. The molecule has 1 atom stereocenters. The maximum absolute atomic E-state index is 12.2. The molecule has 1 saturated carbocycles. The van der Waals surface area contributed by atoms with Crippen LogP contribution in [-0.4, -0.2) is 76.2 Å². The van der Waals surface area contributed by atoms with Crippen molar-refractivity contribution in [3.8, 4) is 0 Å². The molecule has 0 bridgehead atoms. The van der Waals surface area contributed by atoms with E-state index in [-0.39, 0.29) is 18.8 Å². The molecule has 1 unspecified atom stereocenters. The van der Waals surface area contributed by atoms with Gasteiger partial charge >= 0.3 is 0 Å². The van der Waals surface area contributed by atoms with Gasteiger partial charge in [0.2, 0.25) is 31.9 Å². The lowest BCUT2D eigenvalue weighted by Crippen LogP contribution is -2.63. The van der Waals surface area contributed by atoms with Crippen molar-refractivity contribution in [2.75, 3.05) is 31.6 Å². The van der Waals surface area contributed by atoms with Crippen LogP contribution in [-0.2, 0) is 29.6 Å². The standard InChI is InChI=1S/C14H26N4O6S2/c1-11(17-25(2,21)22)13(20)16-14(5-3-6-14)10-15-12(19)9-18-7-4-8-26(18,23)24/h11,17H,3-10H2,1-2H3,(H,15,19)(H,16,20). The Morgan fingerprint density at radius 1 is 1.23 bits per heavy atom. The van der Waals surface area contributed by atoms with Gasteiger partial charge in [-0.05, 0) is 32.6 Å². The van der Waals surface area contributed by atoms with E-state index in [1.807, 2.05) is 0 Å². The molecule has 0 aromatic carbocycles. The van der Waals surface area contributed by atoms with Gasteiger partial charge in [-0.15, -0.1) is 0 Å². The SMILES string of the molecule is CC(NS(C)(=O)=O)C(=O)NC1(CNC(=O)CN2CCCS2(=O)=O)CCC1. The molecule has 26 heavy (non-hydrogen) atoms. The number of rotatable bonds is 8. The molecule has 0 spiro atoms. The van der Waals surface area contributed by atoms with Crippen molar-refractivity contribution in [3.63, 3.8) is 0 Å². The van der Waals surface area contributed by atoms with Gasteiger partial charge < -0.3 is 10.6 Å². The van der Waals surface area contributed by atoms with Crippen LogP contribution < -0.4 is 15.4 Å². The molecule has 2 rings (SSSR count). The van der Waals surface area contributed by atoms with E-state index in [0.717, 1.165) is 17.0 Å². The summed E-state index contributed by atoms with van der Waals surface area (Å²) in [6.45, 7) is 1.74. The van der Waals surface area contributed by atoms with Crippen molar-refractivity contribution in [3.05, 3.63) is 0 Å². The normalized spacial score (nSPS) is 23.0. The van der Waals surface area contributed by atoms with Gasteiger partial charge in [0.25, 0.3) is 0 Å². The Morgan fingerprint density at radius 3 is 2.35 bits per heavy atom. The molecule has 1 aliphatic heterocycles. The number of carbonyl (C=O) groups excluding carboxylic acids is 2. The topological polar surface area (TPSA) is 142 Å². The van der Waals surface area contributed by atoms with Gasteiger partial charge in [-0.3, -0.25) is 9.59 Å². The fourth-order valence-corrected chi connectivity index (χ4v) is 5.27. The summed E-state index contributed by atoms with van der Waals surface area (Å²) in [5.74, 6) is -0.823. The Balaban J connectivity index is 1.86. The number of sulfonamides is 2. The second kappa shape index (κ2) is 7.79. The number of carbonyl (C=O) groups is 2. The van der Waals surface area contributed by atoms with Crippen LogP contribution in [0, 0.1) is 0 Å². The van der Waals surface area contributed by atoms with Gasteiger partial charge in [0, 0.05) is 13.1 Å². The zero-order valence-corrected chi connectivity index (χ0v) is 16.6. The third-order valence-electron chi connectivity index (χ3n) is 4.63. The highest BCUT2D eigenvalue weighted by Crippen LogP contribution is 2.31. The van der Waals surface area contributed by atoms with Gasteiger partial charge in [0.05, 0.1) is 30.1 Å². The summed E-state index contributed by atoms with van der Waals surface area (Å²) in [4.78, 5) is 24.3. The summed E-state index contributed by atoms with van der Waals surface area (Å²) in [6.07, 6.45) is 3.69. The second-order valence-corrected chi connectivity index (χ2v) is 10.9. The van der Waals surface area contributed by atoms with E-state index in [4.69, 9.17) is 0 Å². The summed E-state index contributed by atoms with van der Waals surface area (Å²) < 4.78 is 49.3. The van der Waals surface area contributed by atoms with E-state index in [9.17, 15) is 26.4 Å². The largest absolute Gasteiger partial charge is 0.353 e. The van der Waals surface area contributed by atoms with Gasteiger partial charge in [-0.1, -0.05) is 0 Å². The lowest BCUT2D eigenvalue weighted by Gasteiger charge is -2.43. The predicted molar refractivity (Wildman–Crippen MR) is 95.2 cm³/mol. The highest BCUT2D eigenvalue weighted by atomic mass is 32.2. The van der Waals surface area contributed by atoms with Gasteiger partial charge in [0.1, 0.15) is 0 Å². The first-order valence-corrected chi connectivity index (χ1v) is 12.0. The van der Waals surface area contributed by atoms with Crippen LogP contribution in [0.1, 0.15) is 32.6 Å². The third-order valence-corrected chi connectivity index (χ3v) is 7.32. The van der Waals surface area contributed by atoms with Crippen LogP contribution in [0.25, 0.3) is 0 Å². The zero-order chi connectivity index (χ0) is 19.6. The molecule has 10 nitrogen and oxygen atoms in total. The molecule has 1 heterocycles. The average molecular weight is 411 g/mol. The first kappa shape index (κ1) is 21.1. The number of nitrogens with one attached hydrogen (secondary N) is 3. The van der Waals surface area contributed by atoms with E-state index in [2.05, 4.69) is 15.4 Å². The first-order valence-electron chi connectivity index (χ1n) is 8.46. The molecule has 150 valence electrons. The highest BCUT2D eigenvalue weighted by molar-refractivity contribution is 7.89. The third kappa shape index (κ3) is 5.63. The molecule has 2 aliphatic rings. The van der Waals surface area contributed by atoms with E-state index in [0.29, 0.717) is 25.8 Å². The van der Waals surface area contributed by atoms with Gasteiger partial charge in [-0.25, -0.2) is 21.6 Å². The number of amides is 2. The second-order valence-electron chi connectivity index (χ2n) is 7.01. The number of nitrogens with zero attached hydrogens (tertiary/aromatic N) is 1. The molecule has 3 N–H and O–H groups in total. The monoisotopic (exact) mass is 410 g/mol. The lowest BCUT2D eigenvalue weighted by atomic mass is 9.76. The Hall–Kier alpha value is -1.24. The van der Waals surface area contributed by atoms with Gasteiger partial charge in [-0.2, -0.15) is 4.31 Å². The van der Waals surface area contributed by atoms with E-state index in [1.165, 1.54) is 6.92 Å². The Morgan fingerprint density at radius 2 is 1.88 bits per heavy atom. The van der Waals surface area contributed by atoms with Crippen molar-refractivity contribution >= 4 is 31.9 Å². The minimum atomic E-state index is -3.51. The molecule has 1 saturated heterocycles. The summed E-state index contributed by atoms with van der Waals surface area (Å²) in [6, 6.07) is -0.923. The van der Waals surface area contributed by atoms with Crippen LogP contribution in [0.3, 0.4) is 0 Å². The molecular formula is C14H26N4O6S2. The minimum absolute atomic E-state index is 0.0610. The summed E-state index contributed by atoms with van der Waals surface area (Å²) in [5, 5.41) is 5.49. The molecule has 2 fully saturated rings. The fraction of sp³-hybridized carbons (Fsp3) is 0.857. The molecule has 1 aliphatic carbocycles. The fourth-order valence-electron chi connectivity index (χ4n) is 3.05. The first-order chi connectivity index (χ1) is 11.9. The molecule has 2 amide bonds. The molecule has 0 aromatic rings. The Kier molecular flexibility index (Phi) is 6.31. The lowest BCUT2D eigenvalue weighted by molar-refractivity contribution is -0.127. The maximum atomic E-state index is 12.2. The highest BCUT2D eigenvalue weighted by Gasteiger charge is 2.40. The minimum Gasteiger partial charge on any atom is -0.353 e. The summed E-state index contributed by atoms with van der Waals surface area (Å²) in [5.41, 5.74) is -0.621. The zero-order valence-electron chi connectivity index (χ0n) is 14.9. The maximum Gasteiger partial charge on any atom is 0.238 e. The van der Waals surface area contributed by atoms with Crippen LogP contribution >= 0.6 is 0 Å². The van der Waals surface area contributed by atoms with Crippen LogP contribution in [0.5, 0.6) is 0 Å². The Bertz CT molecular complexity index is 760.